The molecule has 7 N–H and O–H groups in total. The molecule has 0 spiro atoms. The number of hydrogen-bond acceptors (Lipinski definition) is 12. The van der Waals surface area contributed by atoms with Gasteiger partial charge in [-0.05, 0) is 25.7 Å². The number of carbonyl (C=O) groups is 1. The SMILES string of the molecule is CC(=O)C=C=C1C(C)(C)C[C@H](O[C@H]2O[C@@H](CO[C@H]3OC[C@@](O)(CO)[C@@H]3O)[C@H](O)[C@@H](O)[C@@H]2O)C[C@@]1(C)O. The molecule has 0 bridgehead atoms. The van der Waals surface area contributed by atoms with Crippen molar-refractivity contribution in [3.05, 3.63) is 17.4 Å². The van der Waals surface area contributed by atoms with Crippen molar-refractivity contribution in [3.63, 3.8) is 0 Å². The standard InChI is InChI=1S/C24H38O12/c1-12(26)5-6-15-22(2,3)7-13(8-23(15,4)31)35-20-18(29)17(28)16(27)14(36-20)9-33-21-19(30)24(32,10-25)11-34-21/h5,13-14,16-21,25,27-32H,7-11H2,1-4H3/t6?,13-,14-,16-,17+,18-,19+,20-,21-,23+,24-/m0/s1. The molecule has 0 radical (unpaired) electrons. The Bertz CT molecular complexity index is 845. The molecule has 0 aromatic heterocycles. The summed E-state index contributed by atoms with van der Waals surface area (Å²) in [4.78, 5) is 11.4. The van der Waals surface area contributed by atoms with Crippen LogP contribution in [0.25, 0.3) is 0 Å². The van der Waals surface area contributed by atoms with E-state index in [2.05, 4.69) is 5.73 Å². The van der Waals surface area contributed by atoms with Gasteiger partial charge in [0.2, 0.25) is 0 Å². The minimum atomic E-state index is -1.89. The molecule has 3 fully saturated rings. The molecule has 0 aromatic rings. The lowest BCUT2D eigenvalue weighted by Crippen LogP contribution is -2.61. The van der Waals surface area contributed by atoms with Crippen molar-refractivity contribution in [2.45, 2.75) is 101 Å². The smallest absolute Gasteiger partial charge is 0.186 e. The molecule has 0 aromatic carbocycles. The van der Waals surface area contributed by atoms with Crippen molar-refractivity contribution in [3.8, 4) is 0 Å². The van der Waals surface area contributed by atoms with Crippen LogP contribution in [0.5, 0.6) is 0 Å². The predicted molar refractivity (Wildman–Crippen MR) is 121 cm³/mol. The highest BCUT2D eigenvalue weighted by molar-refractivity contribution is 5.87. The van der Waals surface area contributed by atoms with Crippen LogP contribution in [0.4, 0.5) is 0 Å². The van der Waals surface area contributed by atoms with Gasteiger partial charge in [0.25, 0.3) is 0 Å². The van der Waals surface area contributed by atoms with E-state index in [4.69, 9.17) is 18.9 Å². The van der Waals surface area contributed by atoms with Gasteiger partial charge in [-0.25, -0.2) is 0 Å². The van der Waals surface area contributed by atoms with Crippen LogP contribution in [0.15, 0.2) is 17.4 Å². The van der Waals surface area contributed by atoms with Gasteiger partial charge in [0.15, 0.2) is 18.4 Å². The first-order valence-electron chi connectivity index (χ1n) is 11.9. The van der Waals surface area contributed by atoms with Crippen molar-refractivity contribution >= 4 is 5.78 Å². The molecule has 1 aliphatic carbocycles. The lowest BCUT2D eigenvalue weighted by atomic mass is 9.65. The minimum Gasteiger partial charge on any atom is -0.393 e. The third kappa shape index (κ3) is 6.07. The highest BCUT2D eigenvalue weighted by Crippen LogP contribution is 2.46. The number of aliphatic hydroxyl groups is 7. The molecule has 3 rings (SSSR count). The topological polar surface area (TPSA) is 196 Å². The van der Waals surface area contributed by atoms with Crippen molar-refractivity contribution < 1.29 is 59.5 Å². The summed E-state index contributed by atoms with van der Waals surface area (Å²) in [6.07, 6.45) is -9.14. The number of hydrogen-bond donors (Lipinski definition) is 7. The lowest BCUT2D eigenvalue weighted by Gasteiger charge is -2.47. The summed E-state index contributed by atoms with van der Waals surface area (Å²) in [5.74, 6) is -0.205. The van der Waals surface area contributed by atoms with Crippen LogP contribution in [-0.4, -0.2) is 122 Å². The van der Waals surface area contributed by atoms with Crippen LogP contribution in [0.1, 0.15) is 40.5 Å². The average Bonchev–Trinajstić information content (AvgIpc) is 3.06. The molecule has 206 valence electrons. The molecule has 12 heteroatoms. The first-order chi connectivity index (χ1) is 16.6. The van der Waals surface area contributed by atoms with E-state index in [0.717, 1.165) is 0 Å². The van der Waals surface area contributed by atoms with Gasteiger partial charge in [0.05, 0.1) is 31.5 Å². The second-order valence-corrected chi connectivity index (χ2v) is 10.8. The second kappa shape index (κ2) is 10.9. The van der Waals surface area contributed by atoms with E-state index in [1.54, 1.807) is 6.92 Å². The van der Waals surface area contributed by atoms with E-state index in [1.165, 1.54) is 13.0 Å². The van der Waals surface area contributed by atoms with Crippen LogP contribution < -0.4 is 0 Å². The first kappa shape index (κ1) is 29.3. The average molecular weight is 519 g/mol. The number of ether oxygens (including phenoxy) is 4. The lowest BCUT2D eigenvalue weighted by molar-refractivity contribution is -0.323. The van der Waals surface area contributed by atoms with Crippen molar-refractivity contribution in [2.24, 2.45) is 5.41 Å². The van der Waals surface area contributed by atoms with Gasteiger partial charge in [0, 0.05) is 18.1 Å². The maximum Gasteiger partial charge on any atom is 0.186 e. The molecule has 12 nitrogen and oxygen atoms in total. The monoisotopic (exact) mass is 518 g/mol. The van der Waals surface area contributed by atoms with Gasteiger partial charge in [-0.15, -0.1) is 5.73 Å². The number of aliphatic hydroxyl groups excluding tert-OH is 5. The van der Waals surface area contributed by atoms with Crippen molar-refractivity contribution in [2.75, 3.05) is 19.8 Å². The second-order valence-electron chi connectivity index (χ2n) is 10.8. The summed E-state index contributed by atoms with van der Waals surface area (Å²) in [6, 6.07) is 0. The van der Waals surface area contributed by atoms with Gasteiger partial charge < -0.3 is 54.7 Å². The molecule has 2 saturated heterocycles. The fourth-order valence-corrected chi connectivity index (χ4v) is 5.12. The third-order valence-electron chi connectivity index (χ3n) is 7.00. The normalized spacial score (nSPS) is 44.8. The van der Waals surface area contributed by atoms with Gasteiger partial charge in [-0.3, -0.25) is 4.79 Å². The van der Waals surface area contributed by atoms with E-state index >= 15 is 0 Å². The molecule has 2 aliphatic heterocycles. The Labute approximate surface area is 209 Å². The van der Waals surface area contributed by atoms with Crippen molar-refractivity contribution in [1.29, 1.82) is 0 Å². The Morgan fingerprint density at radius 1 is 1.08 bits per heavy atom. The molecule has 2 heterocycles. The first-order valence-corrected chi connectivity index (χ1v) is 11.9. The Hall–Kier alpha value is -1.25. The fraction of sp³-hybridized carbons (Fsp3) is 0.833. The van der Waals surface area contributed by atoms with E-state index in [9.17, 15) is 40.5 Å². The summed E-state index contributed by atoms with van der Waals surface area (Å²) in [5.41, 5.74) is -0.448. The van der Waals surface area contributed by atoms with Crippen LogP contribution in [-0.2, 0) is 23.7 Å². The number of carbonyl (C=O) groups excluding carboxylic acids is 1. The molecule has 1 saturated carbocycles. The van der Waals surface area contributed by atoms with Crippen molar-refractivity contribution in [1.82, 2.24) is 0 Å². The quantitative estimate of drug-likeness (QED) is 0.143. The maximum atomic E-state index is 11.4. The van der Waals surface area contributed by atoms with E-state index < -0.39 is 79.0 Å². The molecular formula is C24H38O12. The Kier molecular flexibility index (Phi) is 8.84. The summed E-state index contributed by atoms with van der Waals surface area (Å²) in [5, 5.41) is 71.8. The molecule has 3 aliphatic rings. The number of rotatable bonds is 7. The Morgan fingerprint density at radius 3 is 2.31 bits per heavy atom. The van der Waals surface area contributed by atoms with Crippen LogP contribution in [0, 0.1) is 5.41 Å². The zero-order valence-corrected chi connectivity index (χ0v) is 20.9. The van der Waals surface area contributed by atoms with E-state index in [1.807, 2.05) is 13.8 Å². The molecule has 10 atom stereocenters. The zero-order chi connectivity index (χ0) is 27.1. The Morgan fingerprint density at radius 2 is 1.75 bits per heavy atom. The van der Waals surface area contributed by atoms with Gasteiger partial charge in [0.1, 0.15) is 36.1 Å². The summed E-state index contributed by atoms with van der Waals surface area (Å²) in [7, 11) is 0. The molecule has 36 heavy (non-hydrogen) atoms. The molecule has 0 amide bonds. The summed E-state index contributed by atoms with van der Waals surface area (Å²) in [6.45, 7) is 5.17. The highest BCUT2D eigenvalue weighted by Gasteiger charge is 2.51. The zero-order valence-electron chi connectivity index (χ0n) is 20.9. The largest absolute Gasteiger partial charge is 0.393 e. The highest BCUT2D eigenvalue weighted by atomic mass is 16.7. The van der Waals surface area contributed by atoms with Gasteiger partial charge >= 0.3 is 0 Å². The summed E-state index contributed by atoms with van der Waals surface area (Å²) < 4.78 is 22.2. The third-order valence-corrected chi connectivity index (χ3v) is 7.00. The molecular weight excluding hydrogens is 480 g/mol. The maximum absolute atomic E-state index is 11.4. The molecule has 0 unspecified atom stereocenters. The Balaban J connectivity index is 1.68. The number of ketones is 1. The van der Waals surface area contributed by atoms with Gasteiger partial charge in [-0.1, -0.05) is 13.8 Å². The van der Waals surface area contributed by atoms with Crippen LogP contribution >= 0.6 is 0 Å². The van der Waals surface area contributed by atoms with Crippen LogP contribution in [0.2, 0.25) is 0 Å². The minimum absolute atomic E-state index is 0.0960. The predicted octanol–water partition coefficient (Wildman–Crippen LogP) is -2.12. The van der Waals surface area contributed by atoms with Gasteiger partial charge in [-0.2, -0.15) is 0 Å². The van der Waals surface area contributed by atoms with E-state index in [-0.39, 0.29) is 18.8 Å². The van der Waals surface area contributed by atoms with E-state index in [0.29, 0.717) is 12.0 Å². The summed E-state index contributed by atoms with van der Waals surface area (Å²) >= 11 is 0. The van der Waals surface area contributed by atoms with Crippen LogP contribution in [0.3, 0.4) is 0 Å². The fourth-order valence-electron chi connectivity index (χ4n) is 5.12.